The Kier molecular flexibility index (Phi) is 6.27. The second-order valence-corrected chi connectivity index (χ2v) is 6.97. The van der Waals surface area contributed by atoms with E-state index in [4.69, 9.17) is 0 Å². The molecule has 0 bridgehead atoms. The van der Waals surface area contributed by atoms with Crippen molar-refractivity contribution in [1.29, 1.82) is 5.26 Å². The van der Waals surface area contributed by atoms with E-state index in [1.807, 2.05) is 43.3 Å². The van der Waals surface area contributed by atoms with Gasteiger partial charge >= 0.3 is 0 Å². The number of carbonyl (C=O) groups excluding carboxylic acids is 1. The Hall–Kier alpha value is -3.06. The molecule has 4 nitrogen and oxygen atoms in total. The van der Waals surface area contributed by atoms with E-state index in [2.05, 4.69) is 28.8 Å². The van der Waals surface area contributed by atoms with E-state index in [-0.39, 0.29) is 17.5 Å². The van der Waals surface area contributed by atoms with Crippen LogP contribution in [0.4, 0.5) is 0 Å². The molecule has 0 aliphatic heterocycles. The number of nitrogens with zero attached hydrogens (tertiary/aromatic N) is 1. The van der Waals surface area contributed by atoms with Gasteiger partial charge < -0.3 is 10.6 Å². The molecule has 2 aromatic rings. The fourth-order valence-corrected chi connectivity index (χ4v) is 3.40. The van der Waals surface area contributed by atoms with Crippen LogP contribution >= 0.6 is 0 Å². The summed E-state index contributed by atoms with van der Waals surface area (Å²) in [6.45, 7) is 2.52. The van der Waals surface area contributed by atoms with E-state index in [0.717, 1.165) is 24.0 Å². The molecule has 2 aromatic carbocycles. The maximum absolute atomic E-state index is 12.4. The molecule has 138 valence electrons. The zero-order valence-corrected chi connectivity index (χ0v) is 15.7. The van der Waals surface area contributed by atoms with Gasteiger partial charge in [0.1, 0.15) is 11.6 Å². The lowest BCUT2D eigenvalue weighted by molar-refractivity contribution is -0.117. The quantitative estimate of drug-likeness (QED) is 0.606. The van der Waals surface area contributed by atoms with Crippen molar-refractivity contribution in [1.82, 2.24) is 10.6 Å². The third kappa shape index (κ3) is 4.98. The molecule has 1 amide bonds. The van der Waals surface area contributed by atoms with Crippen molar-refractivity contribution < 1.29 is 4.79 Å². The normalized spacial score (nSPS) is 14.6. The molecule has 1 atom stereocenters. The Morgan fingerprint density at radius 3 is 2.63 bits per heavy atom. The minimum Gasteiger partial charge on any atom is -0.386 e. The number of nitriles is 1. The molecule has 3 rings (SSSR count). The SMILES string of the molecule is CC(NC(=O)/C(C#N)=C\NCc1ccccc1)c1ccc2c(c1)CCCC2. The summed E-state index contributed by atoms with van der Waals surface area (Å²) in [6.07, 6.45) is 6.22. The minimum atomic E-state index is -0.358. The molecule has 27 heavy (non-hydrogen) atoms. The first kappa shape index (κ1) is 18.7. The number of amides is 1. The number of fused-ring (bicyclic) bond motifs is 1. The van der Waals surface area contributed by atoms with Crippen molar-refractivity contribution in [2.75, 3.05) is 0 Å². The van der Waals surface area contributed by atoms with Gasteiger partial charge in [0, 0.05) is 12.7 Å². The van der Waals surface area contributed by atoms with Crippen LogP contribution in [0.5, 0.6) is 0 Å². The Morgan fingerprint density at radius 2 is 1.89 bits per heavy atom. The molecule has 2 N–H and O–H groups in total. The highest BCUT2D eigenvalue weighted by molar-refractivity contribution is 5.97. The van der Waals surface area contributed by atoms with Crippen LogP contribution in [0.3, 0.4) is 0 Å². The fraction of sp³-hybridized carbons (Fsp3) is 0.304. The van der Waals surface area contributed by atoms with Crippen molar-refractivity contribution in [2.24, 2.45) is 0 Å². The molecular weight excluding hydrogens is 334 g/mol. The monoisotopic (exact) mass is 359 g/mol. The first-order valence-electron chi connectivity index (χ1n) is 9.47. The van der Waals surface area contributed by atoms with Crippen LogP contribution in [0.25, 0.3) is 0 Å². The van der Waals surface area contributed by atoms with Gasteiger partial charge in [0.25, 0.3) is 5.91 Å². The molecule has 0 spiro atoms. The molecule has 0 fully saturated rings. The zero-order valence-electron chi connectivity index (χ0n) is 15.7. The molecule has 0 heterocycles. The molecule has 4 heteroatoms. The number of aryl methyl sites for hydroxylation is 2. The lowest BCUT2D eigenvalue weighted by Gasteiger charge is -2.20. The Bertz CT molecular complexity index is 865. The molecule has 0 aromatic heterocycles. The van der Waals surface area contributed by atoms with Gasteiger partial charge in [-0.3, -0.25) is 4.79 Å². The van der Waals surface area contributed by atoms with Crippen molar-refractivity contribution in [3.05, 3.63) is 82.6 Å². The van der Waals surface area contributed by atoms with E-state index >= 15 is 0 Å². The zero-order chi connectivity index (χ0) is 19.1. The standard InChI is InChI=1S/C23H25N3O/c1-17(20-12-11-19-9-5-6-10-21(19)13-20)26-23(27)22(14-24)16-25-15-18-7-3-2-4-8-18/h2-4,7-8,11-13,16-17,25H,5-6,9-10,15H2,1H3,(H,26,27)/b22-16-. The second-order valence-electron chi connectivity index (χ2n) is 6.97. The third-order valence-corrected chi connectivity index (χ3v) is 4.98. The van der Waals surface area contributed by atoms with Gasteiger partial charge in [-0.25, -0.2) is 0 Å². The summed E-state index contributed by atoms with van der Waals surface area (Å²) < 4.78 is 0. The second kappa shape index (κ2) is 9.05. The highest BCUT2D eigenvalue weighted by Gasteiger charge is 2.16. The van der Waals surface area contributed by atoms with Crippen molar-refractivity contribution in [3.8, 4) is 6.07 Å². The summed E-state index contributed by atoms with van der Waals surface area (Å²) in [5.74, 6) is -0.358. The first-order chi connectivity index (χ1) is 13.2. The van der Waals surface area contributed by atoms with Gasteiger partial charge in [-0.1, -0.05) is 48.5 Å². The average molecular weight is 359 g/mol. The van der Waals surface area contributed by atoms with Gasteiger partial charge in [-0.05, 0) is 54.9 Å². The van der Waals surface area contributed by atoms with Crippen molar-refractivity contribution >= 4 is 5.91 Å². The van der Waals surface area contributed by atoms with E-state index in [9.17, 15) is 10.1 Å². The third-order valence-electron chi connectivity index (χ3n) is 4.98. The molecule has 1 unspecified atom stereocenters. The van der Waals surface area contributed by atoms with Crippen LogP contribution in [0, 0.1) is 11.3 Å². The number of nitrogens with one attached hydrogen (secondary N) is 2. The van der Waals surface area contributed by atoms with E-state index in [1.165, 1.54) is 30.2 Å². The summed E-state index contributed by atoms with van der Waals surface area (Å²) in [5, 5.41) is 15.3. The largest absolute Gasteiger partial charge is 0.386 e. The van der Waals surface area contributed by atoms with E-state index in [1.54, 1.807) is 0 Å². The number of hydrogen-bond acceptors (Lipinski definition) is 3. The van der Waals surface area contributed by atoms with Gasteiger partial charge in [0.15, 0.2) is 0 Å². The molecule has 0 saturated carbocycles. The van der Waals surface area contributed by atoms with Gasteiger partial charge in [-0.2, -0.15) is 5.26 Å². The predicted molar refractivity (Wildman–Crippen MR) is 107 cm³/mol. The Morgan fingerprint density at radius 1 is 1.15 bits per heavy atom. The number of rotatable bonds is 6. The number of benzene rings is 2. The Balaban J connectivity index is 1.60. The minimum absolute atomic E-state index is 0.0794. The maximum atomic E-state index is 12.4. The molecule has 0 radical (unpaired) electrons. The lowest BCUT2D eigenvalue weighted by atomic mass is 9.89. The maximum Gasteiger partial charge on any atom is 0.263 e. The van der Waals surface area contributed by atoms with Gasteiger partial charge in [0.2, 0.25) is 0 Å². The Labute approximate surface area is 160 Å². The van der Waals surface area contributed by atoms with Crippen molar-refractivity contribution in [3.63, 3.8) is 0 Å². The summed E-state index contributed by atoms with van der Waals surface area (Å²) in [4.78, 5) is 12.4. The van der Waals surface area contributed by atoms with Crippen LogP contribution in [0.15, 0.2) is 60.3 Å². The number of hydrogen-bond donors (Lipinski definition) is 2. The molecule has 1 aliphatic rings. The van der Waals surface area contributed by atoms with Crippen LogP contribution in [0.1, 0.15) is 48.1 Å². The summed E-state index contributed by atoms with van der Waals surface area (Å²) in [6, 6.07) is 18.1. The van der Waals surface area contributed by atoms with E-state index in [0.29, 0.717) is 6.54 Å². The molecule has 1 aliphatic carbocycles. The molecular formula is C23H25N3O. The predicted octanol–water partition coefficient (Wildman–Crippen LogP) is 3.94. The average Bonchev–Trinajstić information content (AvgIpc) is 2.71. The van der Waals surface area contributed by atoms with Crippen LogP contribution in [0.2, 0.25) is 0 Å². The van der Waals surface area contributed by atoms with Crippen LogP contribution in [-0.4, -0.2) is 5.91 Å². The summed E-state index contributed by atoms with van der Waals surface area (Å²) in [7, 11) is 0. The summed E-state index contributed by atoms with van der Waals surface area (Å²) >= 11 is 0. The topological polar surface area (TPSA) is 64.9 Å². The van der Waals surface area contributed by atoms with Gasteiger partial charge in [0.05, 0.1) is 6.04 Å². The van der Waals surface area contributed by atoms with Crippen LogP contribution < -0.4 is 10.6 Å². The summed E-state index contributed by atoms with van der Waals surface area (Å²) in [5.41, 5.74) is 5.06. The fourth-order valence-electron chi connectivity index (χ4n) is 3.40. The van der Waals surface area contributed by atoms with E-state index < -0.39 is 0 Å². The first-order valence-corrected chi connectivity index (χ1v) is 9.47. The lowest BCUT2D eigenvalue weighted by Crippen LogP contribution is -2.28. The molecule has 0 saturated heterocycles. The number of carbonyl (C=O) groups is 1. The van der Waals surface area contributed by atoms with Crippen molar-refractivity contribution in [2.45, 2.75) is 45.2 Å². The smallest absolute Gasteiger partial charge is 0.263 e. The highest BCUT2D eigenvalue weighted by Crippen LogP contribution is 2.24. The van der Waals surface area contributed by atoms with Gasteiger partial charge in [-0.15, -0.1) is 0 Å². The van der Waals surface area contributed by atoms with Crippen LogP contribution in [-0.2, 0) is 24.2 Å². The highest BCUT2D eigenvalue weighted by atomic mass is 16.1.